The highest BCUT2D eigenvalue weighted by Gasteiger charge is 2.31. The average Bonchev–Trinajstić information content (AvgIpc) is 3.15. The number of halogens is 3. The molecule has 1 amide bonds. The van der Waals surface area contributed by atoms with Crippen LogP contribution < -0.4 is 11.2 Å². The number of anilines is 1. The molecule has 1 unspecified atom stereocenters. The first-order valence-corrected chi connectivity index (χ1v) is 9.76. The molecule has 0 radical (unpaired) electrons. The van der Waals surface area contributed by atoms with Crippen LogP contribution in [0.2, 0.25) is 0 Å². The van der Waals surface area contributed by atoms with Gasteiger partial charge in [0.25, 0.3) is 0 Å². The number of carbonyl (C=O) groups excluding carboxylic acids is 2. The van der Waals surface area contributed by atoms with E-state index in [1.54, 1.807) is 31.2 Å². The van der Waals surface area contributed by atoms with E-state index in [1.807, 2.05) is 0 Å². The number of esters is 1. The lowest BCUT2D eigenvalue weighted by atomic mass is 10.0. The summed E-state index contributed by atoms with van der Waals surface area (Å²) >= 11 is 0. The molecule has 3 aromatic rings. The Morgan fingerprint density at radius 3 is 2.66 bits per heavy atom. The van der Waals surface area contributed by atoms with Crippen LogP contribution in [0.4, 0.5) is 19.1 Å². The number of nitrogens with two attached hydrogens (primary N) is 1. The van der Waals surface area contributed by atoms with Crippen LogP contribution in [0.3, 0.4) is 0 Å². The SMILES string of the molecule is CCOC(=O)CN(N)C(=O)CC(Nc1nc2ccccc2[nH]1)c1cccc(C(F)(F)F)c1. The number of para-hydroxylation sites is 2. The highest BCUT2D eigenvalue weighted by atomic mass is 19.4. The van der Waals surface area contributed by atoms with Gasteiger partial charge in [0.2, 0.25) is 11.9 Å². The molecule has 8 nitrogen and oxygen atoms in total. The summed E-state index contributed by atoms with van der Waals surface area (Å²) < 4.78 is 44.4. The second-order valence-electron chi connectivity index (χ2n) is 6.95. The summed E-state index contributed by atoms with van der Waals surface area (Å²) in [7, 11) is 0. The van der Waals surface area contributed by atoms with Crippen molar-refractivity contribution in [1.82, 2.24) is 15.0 Å². The van der Waals surface area contributed by atoms with Crippen LogP contribution in [0.5, 0.6) is 0 Å². The number of amides is 1. The number of hydrazine groups is 1. The fourth-order valence-electron chi connectivity index (χ4n) is 3.10. The number of alkyl halides is 3. The smallest absolute Gasteiger partial charge is 0.416 e. The van der Waals surface area contributed by atoms with Gasteiger partial charge >= 0.3 is 12.1 Å². The molecule has 32 heavy (non-hydrogen) atoms. The van der Waals surface area contributed by atoms with E-state index in [4.69, 9.17) is 10.6 Å². The number of aromatic nitrogens is 2. The third-order valence-electron chi connectivity index (χ3n) is 4.62. The zero-order chi connectivity index (χ0) is 23.3. The van der Waals surface area contributed by atoms with Gasteiger partial charge in [0.1, 0.15) is 6.54 Å². The van der Waals surface area contributed by atoms with Crippen LogP contribution in [-0.2, 0) is 20.5 Å². The summed E-state index contributed by atoms with van der Waals surface area (Å²) in [4.78, 5) is 31.6. The van der Waals surface area contributed by atoms with Crippen molar-refractivity contribution in [1.29, 1.82) is 0 Å². The number of imidazole rings is 1. The molecule has 0 spiro atoms. The lowest BCUT2D eigenvalue weighted by Gasteiger charge is -2.22. The van der Waals surface area contributed by atoms with Gasteiger partial charge in [-0.1, -0.05) is 24.3 Å². The predicted molar refractivity (Wildman–Crippen MR) is 111 cm³/mol. The van der Waals surface area contributed by atoms with E-state index in [0.29, 0.717) is 16.0 Å². The van der Waals surface area contributed by atoms with Crippen LogP contribution in [0.15, 0.2) is 48.5 Å². The average molecular weight is 449 g/mol. The molecule has 4 N–H and O–H groups in total. The fraction of sp³-hybridized carbons (Fsp3) is 0.286. The lowest BCUT2D eigenvalue weighted by molar-refractivity contribution is -0.149. The fourth-order valence-corrected chi connectivity index (χ4v) is 3.10. The molecule has 0 aliphatic rings. The first kappa shape index (κ1) is 23.1. The monoisotopic (exact) mass is 449 g/mol. The van der Waals surface area contributed by atoms with Crippen LogP contribution in [0, 0.1) is 0 Å². The maximum atomic E-state index is 13.2. The van der Waals surface area contributed by atoms with Gasteiger partial charge in [-0.05, 0) is 36.8 Å². The van der Waals surface area contributed by atoms with Crippen molar-refractivity contribution >= 4 is 28.9 Å². The van der Waals surface area contributed by atoms with Crippen molar-refractivity contribution < 1.29 is 27.5 Å². The molecular weight excluding hydrogens is 427 g/mol. The second-order valence-corrected chi connectivity index (χ2v) is 6.95. The Morgan fingerprint density at radius 2 is 1.97 bits per heavy atom. The molecule has 0 fully saturated rings. The number of nitrogens with zero attached hydrogens (tertiary/aromatic N) is 2. The topological polar surface area (TPSA) is 113 Å². The van der Waals surface area contributed by atoms with Gasteiger partial charge in [-0.15, -0.1) is 0 Å². The number of nitrogens with one attached hydrogen (secondary N) is 2. The molecule has 1 heterocycles. The predicted octanol–water partition coefficient (Wildman–Crippen LogP) is 3.39. The van der Waals surface area contributed by atoms with Gasteiger partial charge in [-0.2, -0.15) is 13.2 Å². The van der Waals surface area contributed by atoms with Gasteiger partial charge < -0.3 is 15.0 Å². The first-order valence-electron chi connectivity index (χ1n) is 9.76. The number of carbonyl (C=O) groups is 2. The minimum absolute atomic E-state index is 0.126. The zero-order valence-electron chi connectivity index (χ0n) is 17.1. The van der Waals surface area contributed by atoms with Gasteiger partial charge in [-0.25, -0.2) is 10.8 Å². The van der Waals surface area contributed by atoms with Gasteiger partial charge in [0.05, 0.1) is 35.7 Å². The molecule has 0 aliphatic carbocycles. The molecule has 1 atom stereocenters. The number of ether oxygens (including phenoxy) is 1. The van der Waals surface area contributed by atoms with Crippen molar-refractivity contribution in [3.05, 3.63) is 59.7 Å². The summed E-state index contributed by atoms with van der Waals surface area (Å²) in [6, 6.07) is 10.9. The van der Waals surface area contributed by atoms with Gasteiger partial charge in [0, 0.05) is 0 Å². The normalized spacial score (nSPS) is 12.4. The number of H-pyrrole nitrogens is 1. The standard InChI is InChI=1S/C21H22F3N5O3/c1-2-32-19(31)12-29(25)18(30)11-17(13-6-5-7-14(10-13)21(22,23)24)28-20-26-15-8-3-4-9-16(15)27-20/h3-10,17H,2,11-12,25H2,1H3,(H2,26,27,28). The minimum Gasteiger partial charge on any atom is -0.465 e. The summed E-state index contributed by atoms with van der Waals surface area (Å²) in [5.74, 6) is 4.60. The Morgan fingerprint density at radius 1 is 1.22 bits per heavy atom. The first-order chi connectivity index (χ1) is 15.2. The van der Waals surface area contributed by atoms with E-state index in [1.165, 1.54) is 12.1 Å². The number of benzene rings is 2. The molecule has 3 rings (SSSR count). The number of fused-ring (bicyclic) bond motifs is 1. The number of aromatic amines is 1. The van der Waals surface area contributed by atoms with Gasteiger partial charge in [-0.3, -0.25) is 14.6 Å². The molecule has 0 saturated heterocycles. The Bertz CT molecular complexity index is 1070. The molecule has 1 aromatic heterocycles. The summed E-state index contributed by atoms with van der Waals surface area (Å²) in [6.45, 7) is 1.26. The highest BCUT2D eigenvalue weighted by Crippen LogP contribution is 2.32. The molecule has 0 aliphatic heterocycles. The van der Waals surface area contributed by atoms with E-state index in [-0.39, 0.29) is 24.5 Å². The maximum absolute atomic E-state index is 13.2. The van der Waals surface area contributed by atoms with Crippen molar-refractivity contribution in [3.8, 4) is 0 Å². The van der Waals surface area contributed by atoms with Crippen molar-refractivity contribution in [2.45, 2.75) is 25.6 Å². The van der Waals surface area contributed by atoms with E-state index >= 15 is 0 Å². The molecule has 170 valence electrons. The molecular formula is C21H22F3N5O3. The van der Waals surface area contributed by atoms with Crippen molar-refractivity contribution in [2.75, 3.05) is 18.5 Å². The quantitative estimate of drug-likeness (QED) is 0.210. The Kier molecular flexibility index (Phi) is 6.98. The van der Waals surface area contributed by atoms with Crippen LogP contribution >= 0.6 is 0 Å². The Balaban J connectivity index is 1.87. The summed E-state index contributed by atoms with van der Waals surface area (Å²) in [5.41, 5.74) is 0.715. The van der Waals surface area contributed by atoms with E-state index in [2.05, 4.69) is 15.3 Å². The van der Waals surface area contributed by atoms with Crippen LogP contribution in [-0.4, -0.2) is 40.0 Å². The molecule has 2 aromatic carbocycles. The third-order valence-corrected chi connectivity index (χ3v) is 4.62. The number of rotatable bonds is 8. The van der Waals surface area contributed by atoms with E-state index < -0.39 is 36.2 Å². The van der Waals surface area contributed by atoms with Crippen LogP contribution in [0.1, 0.15) is 30.5 Å². The highest BCUT2D eigenvalue weighted by molar-refractivity contribution is 5.82. The lowest BCUT2D eigenvalue weighted by Crippen LogP contribution is -2.42. The number of hydrogen-bond donors (Lipinski definition) is 3. The second kappa shape index (κ2) is 9.69. The maximum Gasteiger partial charge on any atom is 0.416 e. The third kappa shape index (κ3) is 5.76. The van der Waals surface area contributed by atoms with E-state index in [0.717, 1.165) is 12.1 Å². The minimum atomic E-state index is -4.55. The van der Waals surface area contributed by atoms with Crippen LogP contribution in [0.25, 0.3) is 11.0 Å². The molecule has 11 heteroatoms. The summed E-state index contributed by atoms with van der Waals surface area (Å²) in [5, 5.41) is 3.65. The number of hydrogen-bond acceptors (Lipinski definition) is 6. The zero-order valence-corrected chi connectivity index (χ0v) is 17.1. The van der Waals surface area contributed by atoms with Gasteiger partial charge in [0.15, 0.2) is 0 Å². The Labute approximate surface area is 181 Å². The largest absolute Gasteiger partial charge is 0.465 e. The van der Waals surface area contributed by atoms with E-state index in [9.17, 15) is 22.8 Å². The van der Waals surface area contributed by atoms with Crippen molar-refractivity contribution in [2.24, 2.45) is 5.84 Å². The summed E-state index contributed by atoms with van der Waals surface area (Å²) in [6.07, 6.45) is -4.87. The molecule has 0 bridgehead atoms. The van der Waals surface area contributed by atoms with Crippen molar-refractivity contribution in [3.63, 3.8) is 0 Å². The molecule has 0 saturated carbocycles. The Hall–Kier alpha value is -3.60.